The lowest BCUT2D eigenvalue weighted by Gasteiger charge is -2.22. The lowest BCUT2D eigenvalue weighted by Crippen LogP contribution is -2.36. The van der Waals surface area contributed by atoms with Crippen LogP contribution < -0.4 is 16.0 Å². The van der Waals surface area contributed by atoms with E-state index in [1.165, 1.54) is 17.0 Å². The first-order chi connectivity index (χ1) is 13.9. The third-order valence-electron chi connectivity index (χ3n) is 3.97. The Morgan fingerprint density at radius 1 is 0.966 bits per heavy atom. The fourth-order valence-corrected chi connectivity index (χ4v) is 2.75. The maximum absolute atomic E-state index is 13.0. The molecule has 8 nitrogen and oxygen atoms in total. The van der Waals surface area contributed by atoms with Crippen LogP contribution in [0.1, 0.15) is 0 Å². The van der Waals surface area contributed by atoms with E-state index in [-0.39, 0.29) is 16.4 Å². The van der Waals surface area contributed by atoms with Crippen LogP contribution in [0.5, 0.6) is 0 Å². The Kier molecular flexibility index (Phi) is 5.75. The van der Waals surface area contributed by atoms with Crippen molar-refractivity contribution in [2.75, 3.05) is 16.0 Å². The molecule has 146 valence electrons. The summed E-state index contributed by atoms with van der Waals surface area (Å²) in [5.41, 5.74) is 6.79. The Morgan fingerprint density at radius 3 is 2.21 bits per heavy atom. The number of carbonyl (C=O) groups is 2. The second-order valence-corrected chi connectivity index (χ2v) is 6.35. The number of nitro groups is 1. The highest BCUT2D eigenvalue weighted by atomic mass is 35.5. The van der Waals surface area contributed by atoms with E-state index >= 15 is 0 Å². The van der Waals surface area contributed by atoms with Gasteiger partial charge in [0, 0.05) is 29.2 Å². The van der Waals surface area contributed by atoms with Crippen LogP contribution in [0.4, 0.5) is 28.4 Å². The number of nitrogens with one attached hydrogen (secondary N) is 1. The van der Waals surface area contributed by atoms with Crippen LogP contribution in [-0.4, -0.2) is 16.7 Å². The van der Waals surface area contributed by atoms with Crippen LogP contribution in [0, 0.1) is 10.1 Å². The number of nitro benzene ring substituents is 1. The highest BCUT2D eigenvalue weighted by Gasteiger charge is 2.26. The number of benzene rings is 3. The minimum Gasteiger partial charge on any atom is -0.399 e. The molecule has 3 rings (SSSR count). The number of para-hydroxylation sites is 1. The standard InChI is InChI=1S/C20H15ClN4O4/c21-17-11-10-16(25(28)29)12-18(17)23-19(26)20(27)24(14-4-2-1-3-5-14)15-8-6-13(22)7-9-15/h1-12H,22H2,(H,23,26). The number of nitrogens with zero attached hydrogens (tertiary/aromatic N) is 2. The molecule has 0 saturated carbocycles. The van der Waals surface area contributed by atoms with Crippen molar-refractivity contribution in [2.24, 2.45) is 0 Å². The fraction of sp³-hybridized carbons (Fsp3) is 0. The van der Waals surface area contributed by atoms with Gasteiger partial charge in [0.2, 0.25) is 0 Å². The van der Waals surface area contributed by atoms with Crippen molar-refractivity contribution < 1.29 is 14.5 Å². The van der Waals surface area contributed by atoms with E-state index in [0.29, 0.717) is 17.1 Å². The summed E-state index contributed by atoms with van der Waals surface area (Å²) in [5, 5.41) is 13.4. The number of anilines is 4. The second-order valence-electron chi connectivity index (χ2n) is 5.94. The molecule has 0 heterocycles. The van der Waals surface area contributed by atoms with Crippen molar-refractivity contribution in [1.29, 1.82) is 0 Å². The third kappa shape index (κ3) is 4.50. The van der Waals surface area contributed by atoms with Gasteiger partial charge in [-0.25, -0.2) is 0 Å². The van der Waals surface area contributed by atoms with Gasteiger partial charge in [-0.3, -0.25) is 24.6 Å². The summed E-state index contributed by atoms with van der Waals surface area (Å²) in [6.07, 6.45) is 0. The summed E-state index contributed by atoms with van der Waals surface area (Å²) in [6.45, 7) is 0. The molecule has 0 saturated heterocycles. The average molecular weight is 411 g/mol. The molecule has 2 amide bonds. The van der Waals surface area contributed by atoms with Crippen molar-refractivity contribution in [3.63, 3.8) is 0 Å². The van der Waals surface area contributed by atoms with Crippen molar-refractivity contribution in [2.45, 2.75) is 0 Å². The Bertz CT molecular complexity index is 1070. The van der Waals surface area contributed by atoms with E-state index in [2.05, 4.69) is 5.32 Å². The number of halogens is 1. The summed E-state index contributed by atoms with van der Waals surface area (Å²) in [6, 6.07) is 18.5. The molecule has 9 heteroatoms. The van der Waals surface area contributed by atoms with E-state index < -0.39 is 16.7 Å². The lowest BCUT2D eigenvalue weighted by molar-refractivity contribution is -0.384. The fourth-order valence-electron chi connectivity index (χ4n) is 2.58. The Morgan fingerprint density at radius 2 is 1.59 bits per heavy atom. The molecule has 0 aromatic heterocycles. The normalized spacial score (nSPS) is 10.2. The van der Waals surface area contributed by atoms with Crippen molar-refractivity contribution >= 4 is 51.9 Å². The number of non-ortho nitro benzene ring substituents is 1. The lowest BCUT2D eigenvalue weighted by atomic mass is 10.2. The largest absolute Gasteiger partial charge is 0.399 e. The Labute approximate surface area is 170 Å². The Balaban J connectivity index is 1.94. The van der Waals surface area contributed by atoms with E-state index in [1.807, 2.05) is 0 Å². The molecule has 0 bridgehead atoms. The zero-order valence-corrected chi connectivity index (χ0v) is 15.7. The number of amides is 2. The van der Waals surface area contributed by atoms with E-state index in [0.717, 1.165) is 6.07 Å². The molecular weight excluding hydrogens is 396 g/mol. The number of carbonyl (C=O) groups excluding carboxylic acids is 2. The van der Waals surface area contributed by atoms with Gasteiger partial charge in [-0.05, 0) is 42.5 Å². The molecule has 0 aliphatic rings. The maximum Gasteiger partial charge on any atom is 0.321 e. The number of nitrogen functional groups attached to an aromatic ring is 1. The van der Waals surface area contributed by atoms with Gasteiger partial charge in [-0.15, -0.1) is 0 Å². The van der Waals surface area contributed by atoms with Crippen molar-refractivity contribution in [1.82, 2.24) is 0 Å². The molecule has 3 N–H and O–H groups in total. The molecule has 0 radical (unpaired) electrons. The summed E-state index contributed by atoms with van der Waals surface area (Å²) >= 11 is 6.00. The first-order valence-electron chi connectivity index (χ1n) is 8.37. The van der Waals surface area contributed by atoms with Gasteiger partial charge in [0.15, 0.2) is 0 Å². The van der Waals surface area contributed by atoms with Crippen LogP contribution >= 0.6 is 11.6 Å². The van der Waals surface area contributed by atoms with Crippen molar-refractivity contribution in [3.8, 4) is 0 Å². The van der Waals surface area contributed by atoms with E-state index in [1.54, 1.807) is 54.6 Å². The highest BCUT2D eigenvalue weighted by molar-refractivity contribution is 6.46. The predicted octanol–water partition coefficient (Wildman–Crippen LogP) is 4.13. The first kappa shape index (κ1) is 19.8. The van der Waals surface area contributed by atoms with Gasteiger partial charge < -0.3 is 11.1 Å². The van der Waals surface area contributed by atoms with Crippen molar-refractivity contribution in [3.05, 3.63) is 87.9 Å². The highest BCUT2D eigenvalue weighted by Crippen LogP contribution is 2.29. The molecule has 0 atom stereocenters. The molecule has 3 aromatic rings. The molecule has 0 fully saturated rings. The Hall–Kier alpha value is -3.91. The van der Waals surface area contributed by atoms with E-state index in [4.69, 9.17) is 17.3 Å². The topological polar surface area (TPSA) is 119 Å². The first-order valence-corrected chi connectivity index (χ1v) is 8.74. The predicted molar refractivity (Wildman–Crippen MR) is 111 cm³/mol. The summed E-state index contributed by atoms with van der Waals surface area (Å²) in [5.74, 6) is -1.91. The summed E-state index contributed by atoms with van der Waals surface area (Å²) in [7, 11) is 0. The smallest absolute Gasteiger partial charge is 0.321 e. The van der Waals surface area contributed by atoms with Gasteiger partial charge in [-0.2, -0.15) is 0 Å². The molecule has 0 spiro atoms. The molecule has 0 aliphatic carbocycles. The zero-order valence-electron chi connectivity index (χ0n) is 14.9. The number of nitrogens with two attached hydrogens (primary N) is 1. The molecule has 29 heavy (non-hydrogen) atoms. The van der Waals surface area contributed by atoms with Crippen LogP contribution in [0.15, 0.2) is 72.8 Å². The van der Waals surface area contributed by atoms with Crippen LogP contribution in [0.3, 0.4) is 0 Å². The molecule has 0 unspecified atom stereocenters. The van der Waals surface area contributed by atoms with Gasteiger partial charge in [-0.1, -0.05) is 29.8 Å². The minimum atomic E-state index is -1.01. The van der Waals surface area contributed by atoms with Crippen LogP contribution in [-0.2, 0) is 9.59 Å². The SMILES string of the molecule is Nc1ccc(N(C(=O)C(=O)Nc2cc([N+](=O)[O-])ccc2Cl)c2ccccc2)cc1. The second kappa shape index (κ2) is 8.41. The molecule has 3 aromatic carbocycles. The van der Waals surface area contributed by atoms with Gasteiger partial charge in [0.05, 0.1) is 15.6 Å². The molecular formula is C20H15ClN4O4. The van der Waals surface area contributed by atoms with Crippen LogP contribution in [0.2, 0.25) is 5.02 Å². The molecule has 0 aliphatic heterocycles. The van der Waals surface area contributed by atoms with E-state index in [9.17, 15) is 19.7 Å². The van der Waals surface area contributed by atoms with Gasteiger partial charge >= 0.3 is 11.8 Å². The van der Waals surface area contributed by atoms with Crippen LogP contribution in [0.25, 0.3) is 0 Å². The maximum atomic E-state index is 13.0. The van der Waals surface area contributed by atoms with Gasteiger partial charge in [0.25, 0.3) is 5.69 Å². The zero-order chi connectivity index (χ0) is 21.0. The quantitative estimate of drug-likeness (QED) is 0.290. The third-order valence-corrected chi connectivity index (χ3v) is 4.30. The average Bonchev–Trinajstić information content (AvgIpc) is 2.71. The minimum absolute atomic E-state index is 0.0375. The number of hydrogen-bond acceptors (Lipinski definition) is 5. The number of hydrogen-bond donors (Lipinski definition) is 2. The summed E-state index contributed by atoms with van der Waals surface area (Å²) < 4.78 is 0. The summed E-state index contributed by atoms with van der Waals surface area (Å²) in [4.78, 5) is 37.2. The monoisotopic (exact) mass is 410 g/mol. The number of rotatable bonds is 4. The van der Waals surface area contributed by atoms with Gasteiger partial charge in [0.1, 0.15) is 0 Å².